The third kappa shape index (κ3) is 3.54. The summed E-state index contributed by atoms with van der Waals surface area (Å²) < 4.78 is 1.69. The number of rotatable bonds is 4. The Labute approximate surface area is 152 Å². The van der Waals surface area contributed by atoms with E-state index in [0.29, 0.717) is 24.1 Å². The van der Waals surface area contributed by atoms with Gasteiger partial charge in [-0.25, -0.2) is 4.98 Å². The Bertz CT molecular complexity index is 821. The van der Waals surface area contributed by atoms with Gasteiger partial charge < -0.3 is 4.90 Å². The van der Waals surface area contributed by atoms with Crippen molar-refractivity contribution >= 4 is 5.91 Å². The van der Waals surface area contributed by atoms with Crippen LogP contribution in [0, 0.1) is 11.8 Å². The summed E-state index contributed by atoms with van der Waals surface area (Å²) in [6, 6.07) is 5.28. The first-order chi connectivity index (χ1) is 12.7. The molecule has 2 aliphatic rings. The minimum absolute atomic E-state index is 0.0280. The van der Waals surface area contributed by atoms with E-state index in [0.717, 1.165) is 44.3 Å². The molecule has 2 fully saturated rings. The molecule has 0 atom stereocenters. The maximum Gasteiger partial charge on any atom is 0.253 e. The minimum atomic E-state index is -0.0280. The lowest BCUT2D eigenvalue weighted by atomic mass is 9.83. The highest BCUT2D eigenvalue weighted by Crippen LogP contribution is 2.30. The molecule has 1 aliphatic carbocycles. The zero-order chi connectivity index (χ0) is 17.9. The van der Waals surface area contributed by atoms with E-state index in [-0.39, 0.29) is 11.5 Å². The summed E-state index contributed by atoms with van der Waals surface area (Å²) in [5.41, 5.74) is 1.54. The molecule has 1 aliphatic heterocycles. The van der Waals surface area contributed by atoms with E-state index in [9.17, 15) is 9.59 Å². The predicted molar refractivity (Wildman–Crippen MR) is 98.4 cm³/mol. The Morgan fingerprint density at radius 2 is 1.85 bits per heavy atom. The van der Waals surface area contributed by atoms with Gasteiger partial charge in [0.2, 0.25) is 5.91 Å². The standard InChI is InChI=1S/C20H24N4O2/c25-19-12-18(16-4-8-21-9-5-16)22-14-24(19)13-15-6-10-23(11-7-15)20(26)17-2-1-3-17/h4-5,8-9,12,14-15,17H,1-3,6-7,10-11,13H2. The number of amides is 1. The van der Waals surface area contributed by atoms with Crippen molar-refractivity contribution in [1.82, 2.24) is 19.4 Å². The summed E-state index contributed by atoms with van der Waals surface area (Å²) >= 11 is 0. The summed E-state index contributed by atoms with van der Waals surface area (Å²) in [6.45, 7) is 2.31. The third-order valence-corrected chi connectivity index (χ3v) is 5.69. The fourth-order valence-electron chi connectivity index (χ4n) is 3.77. The molecule has 1 amide bonds. The van der Waals surface area contributed by atoms with Gasteiger partial charge in [0.25, 0.3) is 5.56 Å². The monoisotopic (exact) mass is 352 g/mol. The second-order valence-corrected chi connectivity index (χ2v) is 7.40. The van der Waals surface area contributed by atoms with Gasteiger partial charge in [0.15, 0.2) is 0 Å². The lowest BCUT2D eigenvalue weighted by molar-refractivity contribution is -0.139. The highest BCUT2D eigenvalue weighted by molar-refractivity contribution is 5.79. The molecule has 1 saturated carbocycles. The van der Waals surface area contributed by atoms with E-state index in [1.54, 1.807) is 29.4 Å². The highest BCUT2D eigenvalue weighted by Gasteiger charge is 2.31. The van der Waals surface area contributed by atoms with Gasteiger partial charge in [-0.1, -0.05) is 6.42 Å². The molecule has 2 aromatic heterocycles. The van der Waals surface area contributed by atoms with E-state index in [1.165, 1.54) is 6.42 Å². The normalized spacial score (nSPS) is 18.5. The number of piperidine rings is 1. The zero-order valence-corrected chi connectivity index (χ0v) is 14.9. The number of hydrogen-bond donors (Lipinski definition) is 0. The molecule has 6 nitrogen and oxygen atoms in total. The van der Waals surface area contributed by atoms with Crippen LogP contribution >= 0.6 is 0 Å². The maximum absolute atomic E-state index is 12.4. The van der Waals surface area contributed by atoms with Gasteiger partial charge in [0.1, 0.15) is 0 Å². The van der Waals surface area contributed by atoms with Gasteiger partial charge in [0, 0.05) is 49.6 Å². The topological polar surface area (TPSA) is 68.1 Å². The Kier molecular flexibility index (Phi) is 4.82. The van der Waals surface area contributed by atoms with Crippen molar-refractivity contribution in [1.29, 1.82) is 0 Å². The van der Waals surface area contributed by atoms with Gasteiger partial charge in [0.05, 0.1) is 12.0 Å². The molecular weight excluding hydrogens is 328 g/mol. The maximum atomic E-state index is 12.4. The summed E-state index contributed by atoms with van der Waals surface area (Å²) in [6.07, 6.45) is 10.3. The number of likely N-dealkylation sites (tertiary alicyclic amines) is 1. The minimum Gasteiger partial charge on any atom is -0.342 e. The van der Waals surface area contributed by atoms with Crippen LogP contribution in [-0.2, 0) is 11.3 Å². The first-order valence-corrected chi connectivity index (χ1v) is 9.46. The second kappa shape index (κ2) is 7.40. The van der Waals surface area contributed by atoms with Crippen LogP contribution in [0.25, 0.3) is 11.3 Å². The smallest absolute Gasteiger partial charge is 0.253 e. The summed E-state index contributed by atoms with van der Waals surface area (Å²) in [5.74, 6) is 1.04. The molecular formula is C20H24N4O2. The molecule has 3 heterocycles. The summed E-state index contributed by atoms with van der Waals surface area (Å²) in [7, 11) is 0. The van der Waals surface area contributed by atoms with Crippen molar-refractivity contribution in [3.63, 3.8) is 0 Å². The molecule has 2 aromatic rings. The van der Waals surface area contributed by atoms with Crippen molar-refractivity contribution in [2.45, 2.75) is 38.6 Å². The van der Waals surface area contributed by atoms with E-state index >= 15 is 0 Å². The van der Waals surface area contributed by atoms with E-state index < -0.39 is 0 Å². The molecule has 26 heavy (non-hydrogen) atoms. The average molecular weight is 352 g/mol. The number of carbonyl (C=O) groups is 1. The first-order valence-electron chi connectivity index (χ1n) is 9.46. The van der Waals surface area contributed by atoms with Crippen molar-refractivity contribution < 1.29 is 4.79 Å². The third-order valence-electron chi connectivity index (χ3n) is 5.69. The zero-order valence-electron chi connectivity index (χ0n) is 14.9. The predicted octanol–water partition coefficient (Wildman–Crippen LogP) is 2.34. The molecule has 0 radical (unpaired) electrons. The summed E-state index contributed by atoms with van der Waals surface area (Å²) in [4.78, 5) is 35.2. The average Bonchev–Trinajstić information content (AvgIpc) is 2.63. The van der Waals surface area contributed by atoms with Crippen LogP contribution < -0.4 is 5.56 Å². The van der Waals surface area contributed by atoms with E-state index in [2.05, 4.69) is 9.97 Å². The fraction of sp³-hybridized carbons (Fsp3) is 0.500. The van der Waals surface area contributed by atoms with Crippen LogP contribution in [0.1, 0.15) is 32.1 Å². The van der Waals surface area contributed by atoms with E-state index in [4.69, 9.17) is 0 Å². The quantitative estimate of drug-likeness (QED) is 0.847. The van der Waals surface area contributed by atoms with Gasteiger partial charge in [-0.3, -0.25) is 19.1 Å². The molecule has 0 spiro atoms. The van der Waals surface area contributed by atoms with Crippen molar-refractivity contribution in [3.8, 4) is 11.3 Å². The molecule has 0 unspecified atom stereocenters. The number of hydrogen-bond acceptors (Lipinski definition) is 4. The van der Waals surface area contributed by atoms with Gasteiger partial charge in [-0.2, -0.15) is 0 Å². The molecule has 1 saturated heterocycles. The number of aromatic nitrogens is 3. The number of carbonyl (C=O) groups excluding carboxylic acids is 1. The van der Waals surface area contributed by atoms with Gasteiger partial charge >= 0.3 is 0 Å². The van der Waals surface area contributed by atoms with Crippen molar-refractivity contribution in [2.75, 3.05) is 13.1 Å². The van der Waals surface area contributed by atoms with Crippen LogP contribution in [0.3, 0.4) is 0 Å². The van der Waals surface area contributed by atoms with Crippen molar-refractivity contribution in [2.24, 2.45) is 11.8 Å². The Hall–Kier alpha value is -2.50. The molecule has 0 aromatic carbocycles. The fourth-order valence-corrected chi connectivity index (χ4v) is 3.77. The van der Waals surface area contributed by atoms with Gasteiger partial charge in [-0.15, -0.1) is 0 Å². The van der Waals surface area contributed by atoms with Gasteiger partial charge in [-0.05, 0) is 43.7 Å². The molecule has 136 valence electrons. The molecule has 6 heteroatoms. The molecule has 0 N–H and O–H groups in total. The Morgan fingerprint density at radius 1 is 1.12 bits per heavy atom. The van der Waals surface area contributed by atoms with Crippen LogP contribution in [0.4, 0.5) is 0 Å². The lowest BCUT2D eigenvalue weighted by Crippen LogP contribution is -2.44. The van der Waals surface area contributed by atoms with Crippen LogP contribution in [0.5, 0.6) is 0 Å². The Balaban J connectivity index is 1.36. The lowest BCUT2D eigenvalue weighted by Gasteiger charge is -2.36. The molecule has 0 bridgehead atoms. The van der Waals surface area contributed by atoms with Crippen molar-refractivity contribution in [3.05, 3.63) is 47.3 Å². The first kappa shape index (κ1) is 16.9. The number of nitrogens with zero attached hydrogens (tertiary/aromatic N) is 4. The Morgan fingerprint density at radius 3 is 2.46 bits per heavy atom. The summed E-state index contributed by atoms with van der Waals surface area (Å²) in [5, 5.41) is 0. The van der Waals surface area contributed by atoms with Crippen LogP contribution in [0.2, 0.25) is 0 Å². The molecule has 4 rings (SSSR count). The SMILES string of the molecule is O=C(C1CCC1)N1CCC(Cn2cnc(-c3ccncc3)cc2=O)CC1. The van der Waals surface area contributed by atoms with E-state index in [1.807, 2.05) is 17.0 Å². The van der Waals surface area contributed by atoms with Crippen LogP contribution in [0.15, 0.2) is 41.7 Å². The largest absolute Gasteiger partial charge is 0.342 e. The highest BCUT2D eigenvalue weighted by atomic mass is 16.2. The second-order valence-electron chi connectivity index (χ2n) is 7.40. The number of pyridine rings is 1. The van der Waals surface area contributed by atoms with Crippen LogP contribution in [-0.4, -0.2) is 38.4 Å².